The first kappa shape index (κ1) is 14.3. The highest BCUT2D eigenvalue weighted by atomic mass is 79.9. The van der Waals surface area contributed by atoms with Crippen LogP contribution in [0.1, 0.15) is 17.7 Å². The average molecular weight is 346 g/mol. The quantitative estimate of drug-likeness (QED) is 0.877. The lowest BCUT2D eigenvalue weighted by molar-refractivity contribution is -0.126. The zero-order valence-electron chi connectivity index (χ0n) is 10.4. The average Bonchev–Trinajstić information content (AvgIpc) is 2.82. The molecule has 0 radical (unpaired) electrons. The Bertz CT molecular complexity index is 477. The van der Waals surface area contributed by atoms with Gasteiger partial charge in [-0.2, -0.15) is 0 Å². The van der Waals surface area contributed by atoms with Crippen LogP contribution in [-0.4, -0.2) is 29.9 Å². The predicted octanol–water partition coefficient (Wildman–Crippen LogP) is 1.92. The molecule has 2 heterocycles. The molecule has 19 heavy (non-hydrogen) atoms. The third-order valence-electron chi connectivity index (χ3n) is 3.17. The summed E-state index contributed by atoms with van der Waals surface area (Å²) in [5, 5.41) is 2.91. The molecule has 0 unspecified atom stereocenters. The number of carbonyl (C=O) groups is 2. The van der Waals surface area contributed by atoms with Crippen LogP contribution < -0.4 is 11.1 Å². The van der Waals surface area contributed by atoms with Gasteiger partial charge in [-0.1, -0.05) is 0 Å². The fourth-order valence-corrected chi connectivity index (χ4v) is 3.58. The molecule has 1 aliphatic heterocycles. The van der Waals surface area contributed by atoms with E-state index in [0.29, 0.717) is 19.6 Å². The standard InChI is InChI=1S/C12H16BrN3O2S/c13-10-4-3-9(19-10)6-15-11(17)8-2-1-5-16(7-8)12(14)18/h3-4,8H,1-2,5-7H2,(H2,14,18)(H,15,17)/t8-/m0/s1. The second-order valence-corrected chi connectivity index (χ2v) is 7.09. The lowest BCUT2D eigenvalue weighted by atomic mass is 9.97. The van der Waals surface area contributed by atoms with E-state index < -0.39 is 6.03 Å². The summed E-state index contributed by atoms with van der Waals surface area (Å²) >= 11 is 4.99. The number of hydrogen-bond donors (Lipinski definition) is 2. The van der Waals surface area contributed by atoms with Gasteiger partial charge in [0.15, 0.2) is 0 Å². The van der Waals surface area contributed by atoms with Gasteiger partial charge in [0.05, 0.1) is 16.2 Å². The van der Waals surface area contributed by atoms with Gasteiger partial charge >= 0.3 is 6.03 Å². The molecule has 2 rings (SSSR count). The Kier molecular flexibility index (Phi) is 4.81. The van der Waals surface area contributed by atoms with Gasteiger partial charge in [-0.3, -0.25) is 4.79 Å². The molecule has 1 aromatic heterocycles. The normalized spacial score (nSPS) is 19.2. The van der Waals surface area contributed by atoms with Crippen molar-refractivity contribution < 1.29 is 9.59 Å². The van der Waals surface area contributed by atoms with Gasteiger partial charge in [0.25, 0.3) is 0 Å². The molecule has 1 aliphatic rings. The summed E-state index contributed by atoms with van der Waals surface area (Å²) in [5.41, 5.74) is 5.25. The summed E-state index contributed by atoms with van der Waals surface area (Å²) < 4.78 is 1.05. The van der Waals surface area contributed by atoms with Crippen LogP contribution in [0.2, 0.25) is 0 Å². The van der Waals surface area contributed by atoms with E-state index in [4.69, 9.17) is 5.73 Å². The molecule has 0 aromatic carbocycles. The number of carbonyl (C=O) groups excluding carboxylic acids is 2. The van der Waals surface area contributed by atoms with E-state index in [9.17, 15) is 9.59 Å². The molecule has 0 bridgehead atoms. The number of nitrogens with zero attached hydrogens (tertiary/aromatic N) is 1. The van der Waals surface area contributed by atoms with E-state index in [-0.39, 0.29) is 11.8 Å². The van der Waals surface area contributed by atoms with Crippen molar-refractivity contribution >= 4 is 39.2 Å². The van der Waals surface area contributed by atoms with Crippen molar-refractivity contribution in [2.24, 2.45) is 11.7 Å². The summed E-state index contributed by atoms with van der Waals surface area (Å²) in [6.45, 7) is 1.61. The van der Waals surface area contributed by atoms with Gasteiger partial charge in [-0.25, -0.2) is 4.79 Å². The number of hydrogen-bond acceptors (Lipinski definition) is 3. The highest BCUT2D eigenvalue weighted by molar-refractivity contribution is 9.11. The third kappa shape index (κ3) is 3.94. The van der Waals surface area contributed by atoms with Crippen LogP contribution in [0.5, 0.6) is 0 Å². The Morgan fingerprint density at radius 3 is 2.95 bits per heavy atom. The zero-order chi connectivity index (χ0) is 13.8. The molecule has 0 saturated carbocycles. The molecule has 3 N–H and O–H groups in total. The first-order valence-electron chi connectivity index (χ1n) is 6.12. The van der Waals surface area contributed by atoms with Crippen LogP contribution in [0.25, 0.3) is 0 Å². The van der Waals surface area contributed by atoms with Gasteiger partial charge in [0.2, 0.25) is 5.91 Å². The number of urea groups is 1. The molecule has 1 saturated heterocycles. The fourth-order valence-electron chi connectivity index (χ4n) is 2.16. The summed E-state index contributed by atoms with van der Waals surface area (Å²) in [5.74, 6) is -0.153. The number of thiophene rings is 1. The van der Waals surface area contributed by atoms with Gasteiger partial charge in [0.1, 0.15) is 0 Å². The predicted molar refractivity (Wildman–Crippen MR) is 77.7 cm³/mol. The molecule has 1 atom stereocenters. The van der Waals surface area contributed by atoms with E-state index in [0.717, 1.165) is 21.5 Å². The zero-order valence-corrected chi connectivity index (χ0v) is 12.8. The van der Waals surface area contributed by atoms with Gasteiger partial charge in [0, 0.05) is 18.0 Å². The Balaban J connectivity index is 1.84. The van der Waals surface area contributed by atoms with Crippen molar-refractivity contribution in [2.75, 3.05) is 13.1 Å². The number of likely N-dealkylation sites (tertiary alicyclic amines) is 1. The first-order valence-corrected chi connectivity index (χ1v) is 7.73. The first-order chi connectivity index (χ1) is 9.06. The lowest BCUT2D eigenvalue weighted by Gasteiger charge is -2.30. The van der Waals surface area contributed by atoms with Crippen LogP contribution in [0.15, 0.2) is 15.9 Å². The van der Waals surface area contributed by atoms with Crippen LogP contribution in [-0.2, 0) is 11.3 Å². The second kappa shape index (κ2) is 6.38. The maximum Gasteiger partial charge on any atom is 0.314 e. The van der Waals surface area contributed by atoms with Crippen molar-refractivity contribution in [3.63, 3.8) is 0 Å². The van der Waals surface area contributed by atoms with Gasteiger partial charge in [-0.15, -0.1) is 11.3 Å². The van der Waals surface area contributed by atoms with Gasteiger partial charge in [-0.05, 0) is 40.9 Å². The molecule has 3 amide bonds. The van der Waals surface area contributed by atoms with Crippen molar-refractivity contribution in [2.45, 2.75) is 19.4 Å². The van der Waals surface area contributed by atoms with E-state index >= 15 is 0 Å². The second-order valence-electron chi connectivity index (χ2n) is 4.55. The summed E-state index contributed by atoms with van der Waals surface area (Å²) in [6, 6.07) is 3.49. The number of halogens is 1. The Morgan fingerprint density at radius 2 is 2.32 bits per heavy atom. The van der Waals surface area contributed by atoms with Crippen LogP contribution in [0.3, 0.4) is 0 Å². The number of primary amides is 1. The Morgan fingerprint density at radius 1 is 1.53 bits per heavy atom. The van der Waals surface area contributed by atoms with E-state index in [1.807, 2.05) is 12.1 Å². The molecule has 104 valence electrons. The minimum Gasteiger partial charge on any atom is -0.351 e. The number of nitrogens with two attached hydrogens (primary N) is 1. The third-order valence-corrected chi connectivity index (χ3v) is 4.79. The van der Waals surface area contributed by atoms with Crippen molar-refractivity contribution in [3.8, 4) is 0 Å². The maximum atomic E-state index is 12.0. The molecule has 7 heteroatoms. The minimum atomic E-state index is -0.445. The summed E-state index contributed by atoms with van der Waals surface area (Å²) in [6.07, 6.45) is 1.63. The van der Waals surface area contributed by atoms with Gasteiger partial charge < -0.3 is 16.0 Å². The molecular weight excluding hydrogens is 330 g/mol. The summed E-state index contributed by atoms with van der Waals surface area (Å²) in [4.78, 5) is 25.8. The number of amides is 3. The van der Waals surface area contributed by atoms with E-state index in [1.165, 1.54) is 4.90 Å². The van der Waals surface area contributed by atoms with Crippen LogP contribution in [0.4, 0.5) is 4.79 Å². The highest BCUT2D eigenvalue weighted by Crippen LogP contribution is 2.22. The maximum absolute atomic E-state index is 12.0. The summed E-state index contributed by atoms with van der Waals surface area (Å²) in [7, 11) is 0. The lowest BCUT2D eigenvalue weighted by Crippen LogP contribution is -2.47. The van der Waals surface area contributed by atoms with Crippen molar-refractivity contribution in [1.29, 1.82) is 0 Å². The SMILES string of the molecule is NC(=O)N1CCC[C@H](C(=O)NCc2ccc(Br)s2)C1. The Hall–Kier alpha value is -1.08. The van der Waals surface area contributed by atoms with Crippen LogP contribution >= 0.6 is 27.3 Å². The largest absolute Gasteiger partial charge is 0.351 e. The van der Waals surface area contributed by atoms with Crippen molar-refractivity contribution in [3.05, 3.63) is 20.8 Å². The fraction of sp³-hybridized carbons (Fsp3) is 0.500. The topological polar surface area (TPSA) is 75.4 Å². The molecule has 1 fully saturated rings. The van der Waals surface area contributed by atoms with E-state index in [2.05, 4.69) is 21.2 Å². The van der Waals surface area contributed by atoms with Crippen molar-refractivity contribution in [1.82, 2.24) is 10.2 Å². The molecule has 0 aliphatic carbocycles. The monoisotopic (exact) mass is 345 g/mol. The number of piperidine rings is 1. The Labute approximate surface area is 124 Å². The smallest absolute Gasteiger partial charge is 0.314 e. The highest BCUT2D eigenvalue weighted by Gasteiger charge is 2.27. The number of nitrogens with one attached hydrogen (secondary N) is 1. The number of rotatable bonds is 3. The van der Waals surface area contributed by atoms with E-state index in [1.54, 1.807) is 11.3 Å². The molecule has 5 nitrogen and oxygen atoms in total. The molecule has 0 spiro atoms. The van der Waals surface area contributed by atoms with Crippen LogP contribution in [0, 0.1) is 5.92 Å². The molecular formula is C12H16BrN3O2S. The molecule has 1 aromatic rings. The minimum absolute atomic E-state index is 0.00419.